The fourth-order valence-electron chi connectivity index (χ4n) is 4.07. The summed E-state index contributed by atoms with van der Waals surface area (Å²) in [6.45, 7) is 8.55. The second-order valence-corrected chi connectivity index (χ2v) is 10.2. The lowest BCUT2D eigenvalue weighted by Gasteiger charge is -2.11. The number of aryl methyl sites for hydroxylation is 4. The van der Waals surface area contributed by atoms with E-state index in [1.165, 1.54) is 17.7 Å². The molecule has 0 spiro atoms. The number of ether oxygens (including phenoxy) is 1. The molecule has 4 rings (SSSR count). The molecule has 1 aromatic heterocycles. The predicted molar refractivity (Wildman–Crippen MR) is 136 cm³/mol. The minimum atomic E-state index is -0.150. The Balaban J connectivity index is 1.47. The summed E-state index contributed by atoms with van der Waals surface area (Å²) in [7, 11) is 1.70. The maximum Gasteiger partial charge on any atom is 0.184 e. The molecule has 2 aromatic carbocycles. The number of rotatable bonds is 7. The SMILES string of the molecule is COc1cc(C)c(-c2nc(NCC#C[C@@H](CC3CC3)c3ccc(C)c(F)c3)sc2C)cc1C. The Morgan fingerprint density at radius 1 is 1.12 bits per heavy atom. The quantitative estimate of drug-likeness (QED) is 0.377. The second-order valence-electron chi connectivity index (χ2n) is 8.98. The summed E-state index contributed by atoms with van der Waals surface area (Å²) >= 11 is 1.64. The van der Waals surface area contributed by atoms with Crippen molar-refractivity contribution in [3.8, 4) is 28.8 Å². The zero-order valence-corrected chi connectivity index (χ0v) is 20.8. The van der Waals surface area contributed by atoms with Gasteiger partial charge in [0.25, 0.3) is 0 Å². The van der Waals surface area contributed by atoms with E-state index in [2.05, 4.69) is 50.1 Å². The number of nitrogens with one attached hydrogen (secondary N) is 1. The monoisotopic (exact) mass is 462 g/mol. The van der Waals surface area contributed by atoms with Crippen LogP contribution in [0.5, 0.6) is 5.75 Å². The van der Waals surface area contributed by atoms with Crippen molar-refractivity contribution in [1.82, 2.24) is 4.98 Å². The molecular weight excluding hydrogens is 431 g/mol. The number of hydrogen-bond acceptors (Lipinski definition) is 4. The van der Waals surface area contributed by atoms with Crippen molar-refractivity contribution < 1.29 is 9.13 Å². The van der Waals surface area contributed by atoms with Gasteiger partial charge in [-0.1, -0.05) is 36.8 Å². The van der Waals surface area contributed by atoms with Crippen LogP contribution in [0.15, 0.2) is 30.3 Å². The van der Waals surface area contributed by atoms with E-state index < -0.39 is 0 Å². The van der Waals surface area contributed by atoms with Crippen LogP contribution in [0, 0.1) is 51.3 Å². The number of benzene rings is 2. The van der Waals surface area contributed by atoms with Crippen molar-refractivity contribution in [3.05, 3.63) is 63.3 Å². The molecule has 1 aliphatic carbocycles. The first-order valence-corrected chi connectivity index (χ1v) is 12.3. The van der Waals surface area contributed by atoms with Crippen LogP contribution in [0.4, 0.5) is 9.52 Å². The van der Waals surface area contributed by atoms with Crippen molar-refractivity contribution in [2.75, 3.05) is 19.0 Å². The van der Waals surface area contributed by atoms with Crippen LogP contribution >= 0.6 is 11.3 Å². The van der Waals surface area contributed by atoms with E-state index in [9.17, 15) is 4.39 Å². The minimum absolute atomic E-state index is 0.0768. The summed E-state index contributed by atoms with van der Waals surface area (Å²) in [5.74, 6) is 8.21. The highest BCUT2D eigenvalue weighted by molar-refractivity contribution is 7.16. The van der Waals surface area contributed by atoms with Gasteiger partial charge in [0.2, 0.25) is 0 Å². The molecule has 0 unspecified atom stereocenters. The van der Waals surface area contributed by atoms with Gasteiger partial charge in [0, 0.05) is 16.4 Å². The molecule has 0 saturated heterocycles. The van der Waals surface area contributed by atoms with Gasteiger partial charge in [-0.05, 0) is 80.5 Å². The Bertz CT molecular complexity index is 1220. The number of aromatic nitrogens is 1. The molecule has 1 aliphatic rings. The van der Waals surface area contributed by atoms with Gasteiger partial charge >= 0.3 is 0 Å². The van der Waals surface area contributed by atoms with Crippen molar-refractivity contribution >= 4 is 16.5 Å². The lowest BCUT2D eigenvalue weighted by atomic mass is 9.93. The summed E-state index contributed by atoms with van der Waals surface area (Å²) < 4.78 is 19.5. The second kappa shape index (κ2) is 9.97. The molecule has 0 radical (unpaired) electrons. The third-order valence-electron chi connectivity index (χ3n) is 6.26. The number of methoxy groups -OCH3 is 1. The average molecular weight is 463 g/mol. The van der Waals surface area contributed by atoms with Crippen LogP contribution in [0.3, 0.4) is 0 Å². The van der Waals surface area contributed by atoms with Gasteiger partial charge in [-0.2, -0.15) is 0 Å². The number of nitrogens with zero attached hydrogens (tertiary/aromatic N) is 1. The van der Waals surface area contributed by atoms with Crippen molar-refractivity contribution in [2.45, 2.75) is 52.9 Å². The molecule has 1 saturated carbocycles. The predicted octanol–water partition coefficient (Wildman–Crippen LogP) is 7.19. The van der Waals surface area contributed by atoms with Crippen molar-refractivity contribution in [2.24, 2.45) is 5.92 Å². The summed E-state index contributed by atoms with van der Waals surface area (Å²) in [6, 6.07) is 9.73. The van der Waals surface area contributed by atoms with Crippen LogP contribution in [-0.2, 0) is 0 Å². The fourth-order valence-corrected chi connectivity index (χ4v) is 4.90. The number of anilines is 1. The van der Waals surface area contributed by atoms with Gasteiger partial charge in [0.15, 0.2) is 5.13 Å². The smallest absolute Gasteiger partial charge is 0.184 e. The van der Waals surface area contributed by atoms with Gasteiger partial charge in [0.05, 0.1) is 19.3 Å². The zero-order valence-electron chi connectivity index (χ0n) is 20.0. The average Bonchev–Trinajstić information content (AvgIpc) is 3.54. The van der Waals surface area contributed by atoms with E-state index in [-0.39, 0.29) is 11.7 Å². The summed E-state index contributed by atoms with van der Waals surface area (Å²) in [5, 5.41) is 4.23. The third-order valence-corrected chi connectivity index (χ3v) is 7.19. The molecule has 33 heavy (non-hydrogen) atoms. The van der Waals surface area contributed by atoms with Crippen LogP contribution in [0.25, 0.3) is 11.3 Å². The first-order valence-electron chi connectivity index (χ1n) is 11.5. The highest BCUT2D eigenvalue weighted by Gasteiger charge is 2.25. The lowest BCUT2D eigenvalue weighted by Crippen LogP contribution is -2.02. The summed E-state index contributed by atoms with van der Waals surface area (Å²) in [4.78, 5) is 6.01. The van der Waals surface area contributed by atoms with E-state index >= 15 is 0 Å². The molecule has 1 N–H and O–H groups in total. The maximum atomic E-state index is 14.1. The largest absolute Gasteiger partial charge is 0.496 e. The van der Waals surface area contributed by atoms with Crippen molar-refractivity contribution in [3.63, 3.8) is 0 Å². The summed E-state index contributed by atoms with van der Waals surface area (Å²) in [5.41, 5.74) is 6.03. The van der Waals surface area contributed by atoms with E-state index in [1.54, 1.807) is 31.4 Å². The zero-order chi connectivity index (χ0) is 23.5. The normalized spacial score (nSPS) is 13.9. The van der Waals surface area contributed by atoms with E-state index in [0.717, 1.165) is 51.2 Å². The molecule has 3 nitrogen and oxygen atoms in total. The number of thiazole rings is 1. The van der Waals surface area contributed by atoms with Crippen LogP contribution in [0.1, 0.15) is 52.3 Å². The fraction of sp³-hybridized carbons (Fsp3) is 0.393. The number of hydrogen-bond donors (Lipinski definition) is 1. The molecule has 1 fully saturated rings. The highest BCUT2D eigenvalue weighted by atomic mass is 32.1. The molecule has 3 aromatic rings. The molecule has 0 aliphatic heterocycles. The Kier molecular flexibility index (Phi) is 7.05. The Morgan fingerprint density at radius 2 is 1.91 bits per heavy atom. The highest BCUT2D eigenvalue weighted by Crippen LogP contribution is 2.39. The standard InChI is InChI=1S/C28H31FN2OS/c1-17-8-11-23(16-25(17)29)22(15-21-9-10-21)7-6-12-30-28-31-27(20(4)33-28)24-13-19(3)26(32-5)14-18(24)2/h8,11,13-14,16,21-22H,9-10,12,15H2,1-5H3,(H,30,31)/t22-/m0/s1. The van der Waals surface area contributed by atoms with Gasteiger partial charge in [-0.3, -0.25) is 0 Å². The van der Waals surface area contributed by atoms with Crippen LogP contribution in [-0.4, -0.2) is 18.6 Å². The van der Waals surface area contributed by atoms with Gasteiger partial charge in [-0.25, -0.2) is 9.37 Å². The molecule has 5 heteroatoms. The van der Waals surface area contributed by atoms with E-state index in [1.807, 2.05) is 12.1 Å². The van der Waals surface area contributed by atoms with Crippen molar-refractivity contribution in [1.29, 1.82) is 0 Å². The van der Waals surface area contributed by atoms with Crippen LogP contribution in [0.2, 0.25) is 0 Å². The molecule has 1 heterocycles. The Morgan fingerprint density at radius 3 is 2.61 bits per heavy atom. The minimum Gasteiger partial charge on any atom is -0.496 e. The molecular formula is C28H31FN2OS. The van der Waals surface area contributed by atoms with Gasteiger partial charge in [-0.15, -0.1) is 11.3 Å². The van der Waals surface area contributed by atoms with Gasteiger partial charge < -0.3 is 10.1 Å². The maximum absolute atomic E-state index is 14.1. The topological polar surface area (TPSA) is 34.1 Å². The van der Waals surface area contributed by atoms with E-state index in [0.29, 0.717) is 12.1 Å². The molecule has 1 atom stereocenters. The summed E-state index contributed by atoms with van der Waals surface area (Å²) in [6.07, 6.45) is 3.53. The first-order chi connectivity index (χ1) is 15.9. The molecule has 0 bridgehead atoms. The molecule has 0 amide bonds. The van der Waals surface area contributed by atoms with Crippen LogP contribution < -0.4 is 10.1 Å². The number of halogens is 1. The van der Waals surface area contributed by atoms with E-state index in [4.69, 9.17) is 9.72 Å². The first kappa shape index (κ1) is 23.3. The Labute approximate surface area is 200 Å². The van der Waals surface area contributed by atoms with Gasteiger partial charge in [0.1, 0.15) is 11.6 Å². The Hall–Kier alpha value is -2.84. The molecule has 172 valence electrons. The third kappa shape index (κ3) is 5.57. The lowest BCUT2D eigenvalue weighted by molar-refractivity contribution is 0.411.